The summed E-state index contributed by atoms with van der Waals surface area (Å²) in [5.74, 6) is 0.0822. The van der Waals surface area contributed by atoms with Crippen LogP contribution in [0.15, 0.2) is 11.0 Å². The van der Waals surface area contributed by atoms with Crippen LogP contribution in [0.4, 0.5) is 0 Å². The van der Waals surface area contributed by atoms with Crippen molar-refractivity contribution in [2.24, 2.45) is 5.73 Å². The minimum absolute atomic E-state index is 0.0822. The molecule has 0 aliphatic carbocycles. The maximum atomic E-state index is 10.8. The molecule has 0 saturated carbocycles. The average molecular weight is 147 g/mol. The van der Waals surface area contributed by atoms with Crippen molar-refractivity contribution >= 4 is 9.84 Å². The molecule has 4 heteroatoms. The van der Waals surface area contributed by atoms with Crippen LogP contribution in [0, 0.1) is 0 Å². The highest BCUT2D eigenvalue weighted by molar-refractivity contribution is 7.95. The summed E-state index contributed by atoms with van der Waals surface area (Å²) in [6.45, 7) is 1.57. The molecule has 0 bridgehead atoms. The van der Waals surface area contributed by atoms with Crippen molar-refractivity contribution in [1.82, 2.24) is 0 Å². The molecule has 1 aliphatic heterocycles. The normalized spacial score (nSPS) is 32.2. The molecule has 0 fully saturated rings. The fourth-order valence-electron chi connectivity index (χ4n) is 0.838. The number of rotatable bonds is 0. The Hall–Kier alpha value is -0.350. The number of allylic oxidation sites excluding steroid dienone is 1. The highest BCUT2D eigenvalue weighted by Gasteiger charge is 2.23. The van der Waals surface area contributed by atoms with Gasteiger partial charge in [0, 0.05) is 10.9 Å². The lowest BCUT2D eigenvalue weighted by Crippen LogP contribution is -2.20. The van der Waals surface area contributed by atoms with Crippen LogP contribution in [-0.2, 0) is 9.84 Å². The van der Waals surface area contributed by atoms with Crippen molar-refractivity contribution < 1.29 is 8.42 Å². The summed E-state index contributed by atoms with van der Waals surface area (Å²) in [6.07, 6.45) is 1.58. The Morgan fingerprint density at radius 1 is 1.78 bits per heavy atom. The highest BCUT2D eigenvalue weighted by atomic mass is 32.2. The Labute approximate surface area is 54.5 Å². The maximum Gasteiger partial charge on any atom is 0.175 e. The van der Waals surface area contributed by atoms with Gasteiger partial charge in [-0.1, -0.05) is 6.08 Å². The van der Waals surface area contributed by atoms with E-state index >= 15 is 0 Å². The van der Waals surface area contributed by atoms with E-state index in [1.54, 1.807) is 13.0 Å². The maximum absolute atomic E-state index is 10.8. The zero-order chi connectivity index (χ0) is 7.07. The van der Waals surface area contributed by atoms with Crippen LogP contribution in [0.1, 0.15) is 6.92 Å². The van der Waals surface area contributed by atoms with Crippen LogP contribution in [-0.4, -0.2) is 20.2 Å². The summed E-state index contributed by atoms with van der Waals surface area (Å²) in [5, 5.41) is 0. The lowest BCUT2D eigenvalue weighted by Gasteiger charge is -1.93. The largest absolute Gasteiger partial charge is 0.324 e. The fourth-order valence-corrected chi connectivity index (χ4v) is 2.09. The number of nitrogens with two attached hydrogens (primary N) is 1. The van der Waals surface area contributed by atoms with Crippen LogP contribution in [0.2, 0.25) is 0 Å². The van der Waals surface area contributed by atoms with Gasteiger partial charge in [-0.05, 0) is 6.92 Å². The molecular weight excluding hydrogens is 138 g/mol. The molecule has 0 saturated heterocycles. The fraction of sp³-hybridized carbons (Fsp3) is 0.600. The molecule has 0 aromatic carbocycles. The molecule has 0 aromatic heterocycles. The van der Waals surface area contributed by atoms with Crippen LogP contribution in [0.3, 0.4) is 0 Å². The van der Waals surface area contributed by atoms with Crippen molar-refractivity contribution in [3.8, 4) is 0 Å². The van der Waals surface area contributed by atoms with Crippen LogP contribution in [0.5, 0.6) is 0 Å². The quantitative estimate of drug-likeness (QED) is 0.509. The standard InChI is InChI=1S/C5H9NO2S/c1-4-2-5(6)3-9(4,7)8/h2,5H,3,6H2,1H3/t5-/m1/s1. The molecule has 9 heavy (non-hydrogen) atoms. The molecule has 2 N–H and O–H groups in total. The van der Waals surface area contributed by atoms with Gasteiger partial charge in [-0.15, -0.1) is 0 Å². The van der Waals surface area contributed by atoms with Crippen LogP contribution < -0.4 is 5.73 Å². The van der Waals surface area contributed by atoms with Gasteiger partial charge in [0.05, 0.1) is 5.75 Å². The molecule has 1 aliphatic rings. The molecule has 0 spiro atoms. The summed E-state index contributed by atoms with van der Waals surface area (Å²) in [6, 6.07) is -0.282. The van der Waals surface area contributed by atoms with E-state index in [1.807, 2.05) is 0 Å². The van der Waals surface area contributed by atoms with Gasteiger partial charge >= 0.3 is 0 Å². The molecule has 1 atom stereocenters. The Morgan fingerprint density at radius 3 is 2.44 bits per heavy atom. The smallest absolute Gasteiger partial charge is 0.175 e. The third-order valence-electron chi connectivity index (χ3n) is 1.35. The SMILES string of the molecule is CC1=C[C@@H](N)CS1(=O)=O. The van der Waals surface area contributed by atoms with Crippen molar-refractivity contribution in [3.05, 3.63) is 11.0 Å². The predicted molar refractivity (Wildman–Crippen MR) is 35.5 cm³/mol. The van der Waals surface area contributed by atoms with Gasteiger partial charge in [-0.25, -0.2) is 8.42 Å². The van der Waals surface area contributed by atoms with Crippen LogP contribution in [0.25, 0.3) is 0 Å². The van der Waals surface area contributed by atoms with Gasteiger partial charge in [-0.3, -0.25) is 0 Å². The predicted octanol–water partition coefficient (Wildman–Crippen LogP) is -0.354. The molecule has 52 valence electrons. The highest BCUT2D eigenvalue weighted by Crippen LogP contribution is 2.15. The van der Waals surface area contributed by atoms with Gasteiger partial charge in [0.15, 0.2) is 9.84 Å². The summed E-state index contributed by atoms with van der Waals surface area (Å²) in [5.41, 5.74) is 5.35. The second-order valence-electron chi connectivity index (χ2n) is 2.22. The van der Waals surface area contributed by atoms with E-state index < -0.39 is 9.84 Å². The Kier molecular flexibility index (Phi) is 1.36. The second-order valence-corrected chi connectivity index (χ2v) is 4.43. The Morgan fingerprint density at radius 2 is 2.33 bits per heavy atom. The molecule has 0 unspecified atom stereocenters. The first-order valence-corrected chi connectivity index (χ1v) is 4.34. The lowest BCUT2D eigenvalue weighted by molar-refractivity contribution is 0.602. The molecule has 0 amide bonds. The molecule has 0 aromatic rings. The zero-order valence-corrected chi connectivity index (χ0v) is 5.98. The Bertz CT molecular complexity index is 240. The van der Waals surface area contributed by atoms with Gasteiger partial charge in [0.2, 0.25) is 0 Å². The van der Waals surface area contributed by atoms with Crippen molar-refractivity contribution in [3.63, 3.8) is 0 Å². The second kappa shape index (κ2) is 1.82. The number of hydrogen-bond donors (Lipinski definition) is 1. The van der Waals surface area contributed by atoms with Gasteiger partial charge in [0.1, 0.15) is 0 Å². The summed E-state index contributed by atoms with van der Waals surface area (Å²) in [7, 11) is -2.94. The van der Waals surface area contributed by atoms with Crippen molar-refractivity contribution in [1.29, 1.82) is 0 Å². The number of sulfone groups is 1. The molecular formula is C5H9NO2S. The molecule has 1 rings (SSSR count). The van der Waals surface area contributed by atoms with E-state index in [2.05, 4.69) is 0 Å². The minimum Gasteiger partial charge on any atom is -0.324 e. The van der Waals surface area contributed by atoms with E-state index in [4.69, 9.17) is 5.73 Å². The van der Waals surface area contributed by atoms with E-state index in [0.29, 0.717) is 4.91 Å². The summed E-state index contributed by atoms with van der Waals surface area (Å²) in [4.78, 5) is 0.412. The molecule has 0 radical (unpaired) electrons. The minimum atomic E-state index is -2.94. The van der Waals surface area contributed by atoms with Gasteiger partial charge in [-0.2, -0.15) is 0 Å². The average Bonchev–Trinajstić information content (AvgIpc) is 1.79. The van der Waals surface area contributed by atoms with Gasteiger partial charge < -0.3 is 5.73 Å². The molecule has 3 nitrogen and oxygen atoms in total. The monoisotopic (exact) mass is 147 g/mol. The van der Waals surface area contributed by atoms with Gasteiger partial charge in [0.25, 0.3) is 0 Å². The third kappa shape index (κ3) is 1.14. The van der Waals surface area contributed by atoms with Crippen molar-refractivity contribution in [2.45, 2.75) is 13.0 Å². The van der Waals surface area contributed by atoms with E-state index in [9.17, 15) is 8.42 Å². The van der Waals surface area contributed by atoms with Crippen LogP contribution >= 0.6 is 0 Å². The first-order valence-electron chi connectivity index (χ1n) is 2.69. The topological polar surface area (TPSA) is 60.2 Å². The zero-order valence-electron chi connectivity index (χ0n) is 5.16. The summed E-state index contributed by atoms with van der Waals surface area (Å²) >= 11 is 0. The number of hydrogen-bond acceptors (Lipinski definition) is 3. The summed E-state index contributed by atoms with van der Waals surface area (Å²) < 4.78 is 21.6. The first kappa shape index (κ1) is 6.77. The third-order valence-corrected chi connectivity index (χ3v) is 3.29. The first-order chi connectivity index (χ1) is 4.02. The Balaban J connectivity index is 3.04. The van der Waals surface area contributed by atoms with E-state index in [0.717, 1.165) is 0 Å². The molecule has 1 heterocycles. The van der Waals surface area contributed by atoms with E-state index in [1.165, 1.54) is 0 Å². The lowest BCUT2D eigenvalue weighted by atomic mass is 10.3. The van der Waals surface area contributed by atoms with Crippen molar-refractivity contribution in [2.75, 3.05) is 5.75 Å². The van der Waals surface area contributed by atoms with E-state index in [-0.39, 0.29) is 11.8 Å².